The normalized spacial score (nSPS) is 13.0. The molecule has 3 nitrogen and oxygen atoms in total. The van der Waals surface area contributed by atoms with Gasteiger partial charge in [0.05, 0.1) is 0 Å². The SMILES string of the molecule is CNCCCC(C)N(C)Cc1cccnc1. The molecular formula is C13H23N3. The van der Waals surface area contributed by atoms with Gasteiger partial charge >= 0.3 is 0 Å². The summed E-state index contributed by atoms with van der Waals surface area (Å²) in [6.45, 7) is 4.37. The second kappa shape index (κ2) is 7.36. The predicted octanol–water partition coefficient (Wildman–Crippen LogP) is 1.90. The molecule has 1 rings (SSSR count). The zero-order valence-corrected chi connectivity index (χ0v) is 10.6. The highest BCUT2D eigenvalue weighted by Crippen LogP contribution is 2.08. The second-order valence-electron chi connectivity index (χ2n) is 4.37. The van der Waals surface area contributed by atoms with E-state index in [2.05, 4.69) is 35.2 Å². The lowest BCUT2D eigenvalue weighted by atomic mass is 10.1. The molecule has 1 unspecified atom stereocenters. The van der Waals surface area contributed by atoms with E-state index >= 15 is 0 Å². The van der Waals surface area contributed by atoms with Gasteiger partial charge in [-0.15, -0.1) is 0 Å². The van der Waals surface area contributed by atoms with Gasteiger partial charge in [-0.25, -0.2) is 0 Å². The van der Waals surface area contributed by atoms with Crippen LogP contribution in [0.3, 0.4) is 0 Å². The Bertz CT molecular complexity index is 274. The summed E-state index contributed by atoms with van der Waals surface area (Å²) in [6.07, 6.45) is 6.23. The van der Waals surface area contributed by atoms with Crippen LogP contribution in [0.25, 0.3) is 0 Å². The zero-order valence-electron chi connectivity index (χ0n) is 10.6. The van der Waals surface area contributed by atoms with E-state index in [1.54, 1.807) is 0 Å². The fourth-order valence-electron chi connectivity index (χ4n) is 1.73. The number of nitrogens with one attached hydrogen (secondary N) is 1. The molecule has 0 spiro atoms. The summed E-state index contributed by atoms with van der Waals surface area (Å²) >= 11 is 0. The van der Waals surface area contributed by atoms with Crippen LogP contribution in [0.4, 0.5) is 0 Å². The van der Waals surface area contributed by atoms with Crippen molar-refractivity contribution in [2.45, 2.75) is 32.4 Å². The van der Waals surface area contributed by atoms with Crippen molar-refractivity contribution in [3.63, 3.8) is 0 Å². The molecule has 0 saturated carbocycles. The fourth-order valence-corrected chi connectivity index (χ4v) is 1.73. The van der Waals surface area contributed by atoms with E-state index in [1.165, 1.54) is 18.4 Å². The van der Waals surface area contributed by atoms with Crippen LogP contribution >= 0.6 is 0 Å². The molecule has 0 amide bonds. The second-order valence-corrected chi connectivity index (χ2v) is 4.37. The molecule has 1 atom stereocenters. The van der Waals surface area contributed by atoms with Gasteiger partial charge in [-0.3, -0.25) is 9.88 Å². The lowest BCUT2D eigenvalue weighted by Crippen LogP contribution is -2.29. The van der Waals surface area contributed by atoms with Gasteiger partial charge in [0.15, 0.2) is 0 Å². The Morgan fingerprint density at radius 1 is 1.50 bits per heavy atom. The first-order valence-corrected chi connectivity index (χ1v) is 5.97. The first kappa shape index (κ1) is 13.1. The van der Waals surface area contributed by atoms with Crippen molar-refractivity contribution >= 4 is 0 Å². The minimum Gasteiger partial charge on any atom is -0.320 e. The maximum absolute atomic E-state index is 4.14. The molecule has 1 aromatic heterocycles. The van der Waals surface area contributed by atoms with Crippen molar-refractivity contribution in [1.82, 2.24) is 15.2 Å². The summed E-state index contributed by atoms with van der Waals surface area (Å²) in [4.78, 5) is 6.52. The van der Waals surface area contributed by atoms with Crippen molar-refractivity contribution in [1.29, 1.82) is 0 Å². The molecule has 1 aromatic rings. The number of pyridine rings is 1. The molecule has 16 heavy (non-hydrogen) atoms. The molecule has 3 heteroatoms. The quantitative estimate of drug-likeness (QED) is 0.713. The number of nitrogens with zero attached hydrogens (tertiary/aromatic N) is 2. The summed E-state index contributed by atoms with van der Waals surface area (Å²) in [6, 6.07) is 4.74. The van der Waals surface area contributed by atoms with Crippen LogP contribution in [-0.2, 0) is 6.54 Å². The molecule has 0 aromatic carbocycles. The van der Waals surface area contributed by atoms with E-state index in [0.717, 1.165) is 13.1 Å². The highest BCUT2D eigenvalue weighted by atomic mass is 15.1. The Kier molecular flexibility index (Phi) is 6.04. The Morgan fingerprint density at radius 2 is 2.31 bits per heavy atom. The first-order valence-electron chi connectivity index (χ1n) is 5.97. The maximum atomic E-state index is 4.14. The monoisotopic (exact) mass is 221 g/mol. The summed E-state index contributed by atoms with van der Waals surface area (Å²) in [5.41, 5.74) is 1.28. The number of hydrogen-bond donors (Lipinski definition) is 1. The number of hydrogen-bond acceptors (Lipinski definition) is 3. The van der Waals surface area contributed by atoms with Gasteiger partial charge in [0.25, 0.3) is 0 Å². The number of aromatic nitrogens is 1. The van der Waals surface area contributed by atoms with E-state index < -0.39 is 0 Å². The number of rotatable bonds is 7. The van der Waals surface area contributed by atoms with Crippen molar-refractivity contribution in [2.75, 3.05) is 20.6 Å². The van der Waals surface area contributed by atoms with Gasteiger partial charge in [-0.2, -0.15) is 0 Å². The third-order valence-corrected chi connectivity index (χ3v) is 2.96. The van der Waals surface area contributed by atoms with E-state index in [4.69, 9.17) is 0 Å². The average Bonchev–Trinajstić information content (AvgIpc) is 2.30. The van der Waals surface area contributed by atoms with Crippen LogP contribution in [-0.4, -0.2) is 36.6 Å². The van der Waals surface area contributed by atoms with Gasteiger partial charge in [0, 0.05) is 25.0 Å². The molecular weight excluding hydrogens is 198 g/mol. The summed E-state index contributed by atoms with van der Waals surface area (Å²) in [5, 5.41) is 3.18. The summed E-state index contributed by atoms with van der Waals surface area (Å²) in [7, 11) is 4.18. The molecule has 0 fully saturated rings. The molecule has 0 aliphatic rings. The molecule has 0 aliphatic heterocycles. The van der Waals surface area contributed by atoms with E-state index in [1.807, 2.05) is 25.5 Å². The van der Waals surface area contributed by atoms with Crippen molar-refractivity contribution in [2.24, 2.45) is 0 Å². The highest BCUT2D eigenvalue weighted by Gasteiger charge is 2.08. The van der Waals surface area contributed by atoms with E-state index in [-0.39, 0.29) is 0 Å². The molecule has 0 radical (unpaired) electrons. The lowest BCUT2D eigenvalue weighted by molar-refractivity contribution is 0.234. The standard InChI is InChI=1S/C13H23N3/c1-12(6-4-8-14-2)16(3)11-13-7-5-9-15-10-13/h5,7,9-10,12,14H,4,6,8,11H2,1-3H3. The van der Waals surface area contributed by atoms with Crippen molar-refractivity contribution in [3.8, 4) is 0 Å². The highest BCUT2D eigenvalue weighted by molar-refractivity contribution is 5.08. The van der Waals surface area contributed by atoms with Gasteiger partial charge in [0.1, 0.15) is 0 Å². The van der Waals surface area contributed by atoms with Crippen LogP contribution in [0.5, 0.6) is 0 Å². The first-order chi connectivity index (χ1) is 7.74. The molecule has 90 valence electrons. The molecule has 0 saturated heterocycles. The largest absolute Gasteiger partial charge is 0.320 e. The summed E-state index contributed by atoms with van der Waals surface area (Å²) < 4.78 is 0. The van der Waals surface area contributed by atoms with Crippen molar-refractivity contribution in [3.05, 3.63) is 30.1 Å². The Labute approximate surface area is 98.9 Å². The van der Waals surface area contributed by atoms with Gasteiger partial charge in [-0.05, 0) is 52.0 Å². The Hall–Kier alpha value is -0.930. The Balaban J connectivity index is 2.31. The van der Waals surface area contributed by atoms with Crippen LogP contribution in [0.15, 0.2) is 24.5 Å². The predicted molar refractivity (Wildman–Crippen MR) is 68.3 cm³/mol. The van der Waals surface area contributed by atoms with Crippen LogP contribution in [0, 0.1) is 0 Å². The lowest BCUT2D eigenvalue weighted by Gasteiger charge is -2.24. The summed E-state index contributed by atoms with van der Waals surface area (Å²) in [5.74, 6) is 0. The van der Waals surface area contributed by atoms with Gasteiger partial charge < -0.3 is 5.32 Å². The molecule has 1 heterocycles. The third kappa shape index (κ3) is 4.73. The third-order valence-electron chi connectivity index (χ3n) is 2.96. The van der Waals surface area contributed by atoms with Gasteiger partial charge in [0.2, 0.25) is 0 Å². The Morgan fingerprint density at radius 3 is 2.94 bits per heavy atom. The topological polar surface area (TPSA) is 28.2 Å². The fraction of sp³-hybridized carbons (Fsp3) is 0.615. The van der Waals surface area contributed by atoms with Crippen LogP contribution in [0.2, 0.25) is 0 Å². The minimum atomic E-state index is 0.619. The van der Waals surface area contributed by atoms with Crippen molar-refractivity contribution < 1.29 is 0 Å². The average molecular weight is 221 g/mol. The molecule has 1 N–H and O–H groups in total. The van der Waals surface area contributed by atoms with Crippen LogP contribution < -0.4 is 5.32 Å². The van der Waals surface area contributed by atoms with E-state index in [9.17, 15) is 0 Å². The van der Waals surface area contributed by atoms with E-state index in [0.29, 0.717) is 6.04 Å². The smallest absolute Gasteiger partial charge is 0.0312 e. The minimum absolute atomic E-state index is 0.619. The van der Waals surface area contributed by atoms with Crippen LogP contribution in [0.1, 0.15) is 25.3 Å². The van der Waals surface area contributed by atoms with Gasteiger partial charge in [-0.1, -0.05) is 6.07 Å². The molecule has 0 bridgehead atoms. The maximum Gasteiger partial charge on any atom is 0.0312 e. The molecule has 0 aliphatic carbocycles. The zero-order chi connectivity index (χ0) is 11.8.